The fourth-order valence-corrected chi connectivity index (χ4v) is 2.98. The normalized spacial score (nSPS) is 32.8. The summed E-state index contributed by atoms with van der Waals surface area (Å²) in [4.78, 5) is 19.0. The van der Waals surface area contributed by atoms with E-state index in [-0.39, 0.29) is 5.91 Å². The molecule has 92 valence electrons. The molecule has 0 aromatic heterocycles. The maximum Gasteiger partial charge on any atom is 0.245 e. The second-order valence-corrected chi connectivity index (χ2v) is 5.01. The monoisotopic (exact) mass is 226 g/mol. The fourth-order valence-electron chi connectivity index (χ4n) is 2.98. The van der Waals surface area contributed by atoms with Gasteiger partial charge in [0.15, 0.2) is 0 Å². The Morgan fingerprint density at radius 3 is 2.62 bits per heavy atom. The van der Waals surface area contributed by atoms with Crippen LogP contribution in [0.25, 0.3) is 0 Å². The van der Waals surface area contributed by atoms with Gasteiger partial charge < -0.3 is 4.90 Å². The highest BCUT2D eigenvalue weighted by atomic mass is 16.7. The molecule has 0 aromatic rings. The van der Waals surface area contributed by atoms with Crippen LogP contribution in [-0.2, 0) is 9.63 Å². The van der Waals surface area contributed by atoms with E-state index in [0.29, 0.717) is 6.42 Å². The third-order valence-corrected chi connectivity index (χ3v) is 4.15. The van der Waals surface area contributed by atoms with E-state index in [1.807, 2.05) is 0 Å². The van der Waals surface area contributed by atoms with Crippen LogP contribution in [0.2, 0.25) is 0 Å². The Bertz CT molecular complexity index is 249. The largest absolute Gasteiger partial charge is 0.303 e. The van der Waals surface area contributed by atoms with Crippen LogP contribution < -0.4 is 0 Å². The van der Waals surface area contributed by atoms with Crippen LogP contribution in [0.5, 0.6) is 0 Å². The van der Waals surface area contributed by atoms with Crippen molar-refractivity contribution in [2.24, 2.45) is 11.8 Å². The van der Waals surface area contributed by atoms with Crippen molar-refractivity contribution in [3.05, 3.63) is 0 Å². The van der Waals surface area contributed by atoms with Gasteiger partial charge in [-0.25, -0.2) is 5.06 Å². The third-order valence-electron chi connectivity index (χ3n) is 4.15. The van der Waals surface area contributed by atoms with E-state index in [1.54, 1.807) is 7.05 Å². The first-order valence-corrected chi connectivity index (χ1v) is 6.23. The zero-order valence-electron chi connectivity index (χ0n) is 10.3. The van der Waals surface area contributed by atoms with E-state index in [9.17, 15) is 4.79 Å². The summed E-state index contributed by atoms with van der Waals surface area (Å²) in [5, 5.41) is 1.33. The Morgan fingerprint density at radius 1 is 1.44 bits per heavy atom. The molecule has 0 N–H and O–H groups in total. The Kier molecular flexibility index (Phi) is 3.82. The molecule has 4 heteroatoms. The molecule has 2 bridgehead atoms. The first kappa shape index (κ1) is 11.9. The van der Waals surface area contributed by atoms with Gasteiger partial charge in [-0.05, 0) is 44.2 Å². The number of hydrogen-bond donors (Lipinski definition) is 0. The number of rotatable bonds is 4. The van der Waals surface area contributed by atoms with Crippen LogP contribution in [0.3, 0.4) is 0 Å². The Balaban J connectivity index is 1.76. The van der Waals surface area contributed by atoms with Crippen molar-refractivity contribution in [3.63, 3.8) is 0 Å². The molecule has 0 radical (unpaired) electrons. The lowest BCUT2D eigenvalue weighted by Gasteiger charge is -2.45. The highest BCUT2D eigenvalue weighted by Crippen LogP contribution is 2.34. The predicted molar refractivity (Wildman–Crippen MR) is 61.7 cm³/mol. The summed E-state index contributed by atoms with van der Waals surface area (Å²) in [7, 11) is 3.21. The maximum absolute atomic E-state index is 11.6. The van der Waals surface area contributed by atoms with Crippen molar-refractivity contribution in [2.45, 2.75) is 25.7 Å². The molecular formula is C12H22N2O2. The lowest BCUT2D eigenvalue weighted by Crippen LogP contribution is -2.47. The van der Waals surface area contributed by atoms with Gasteiger partial charge in [0, 0.05) is 20.0 Å². The Morgan fingerprint density at radius 2 is 2.12 bits per heavy atom. The van der Waals surface area contributed by atoms with E-state index in [2.05, 4.69) is 4.90 Å². The molecule has 3 saturated heterocycles. The summed E-state index contributed by atoms with van der Waals surface area (Å²) >= 11 is 0. The molecule has 16 heavy (non-hydrogen) atoms. The number of amides is 1. The zero-order chi connectivity index (χ0) is 11.5. The summed E-state index contributed by atoms with van der Waals surface area (Å²) in [5.41, 5.74) is 0. The van der Waals surface area contributed by atoms with Gasteiger partial charge in [0.25, 0.3) is 0 Å². The zero-order valence-corrected chi connectivity index (χ0v) is 10.3. The van der Waals surface area contributed by atoms with Gasteiger partial charge >= 0.3 is 0 Å². The van der Waals surface area contributed by atoms with E-state index in [1.165, 1.54) is 44.6 Å². The molecule has 0 saturated carbocycles. The van der Waals surface area contributed by atoms with Crippen molar-refractivity contribution in [1.29, 1.82) is 0 Å². The molecule has 1 unspecified atom stereocenters. The van der Waals surface area contributed by atoms with Crippen LogP contribution in [0.1, 0.15) is 25.7 Å². The minimum absolute atomic E-state index is 0.0962. The summed E-state index contributed by atoms with van der Waals surface area (Å²) < 4.78 is 0. The summed E-state index contributed by atoms with van der Waals surface area (Å²) in [6.45, 7) is 3.74. The van der Waals surface area contributed by atoms with Gasteiger partial charge in [-0.15, -0.1) is 0 Å². The van der Waals surface area contributed by atoms with Crippen LogP contribution in [-0.4, -0.2) is 49.7 Å². The number of piperidine rings is 3. The SMILES string of the molecule is CON(C)C(=O)CCC1CN2CCC1CC2. The van der Waals surface area contributed by atoms with Gasteiger partial charge in [-0.2, -0.15) is 0 Å². The first-order chi connectivity index (χ1) is 7.70. The number of nitrogens with zero attached hydrogens (tertiary/aromatic N) is 2. The molecule has 1 atom stereocenters. The minimum Gasteiger partial charge on any atom is -0.303 e. The third kappa shape index (κ3) is 2.55. The average molecular weight is 226 g/mol. The number of carbonyl (C=O) groups is 1. The van der Waals surface area contributed by atoms with Crippen molar-refractivity contribution < 1.29 is 9.63 Å². The molecule has 3 fully saturated rings. The van der Waals surface area contributed by atoms with E-state index in [4.69, 9.17) is 4.84 Å². The summed E-state index contributed by atoms with van der Waals surface area (Å²) in [6, 6.07) is 0. The lowest BCUT2D eigenvalue weighted by molar-refractivity contribution is -0.169. The van der Waals surface area contributed by atoms with Crippen LogP contribution in [0, 0.1) is 11.8 Å². The van der Waals surface area contributed by atoms with Crippen molar-refractivity contribution in [1.82, 2.24) is 9.96 Å². The molecular weight excluding hydrogens is 204 g/mol. The molecule has 3 heterocycles. The molecule has 0 spiro atoms. The van der Waals surface area contributed by atoms with Gasteiger partial charge in [0.2, 0.25) is 5.91 Å². The molecule has 3 aliphatic heterocycles. The Hall–Kier alpha value is -0.610. The highest BCUT2D eigenvalue weighted by molar-refractivity contribution is 5.74. The summed E-state index contributed by atoms with van der Waals surface area (Å²) in [6.07, 6.45) is 4.31. The number of hydroxylamine groups is 2. The van der Waals surface area contributed by atoms with Crippen molar-refractivity contribution in [2.75, 3.05) is 33.8 Å². The van der Waals surface area contributed by atoms with Crippen LogP contribution >= 0.6 is 0 Å². The fraction of sp³-hybridized carbons (Fsp3) is 0.917. The number of hydrogen-bond acceptors (Lipinski definition) is 3. The average Bonchev–Trinajstić information content (AvgIpc) is 2.36. The standard InChI is InChI=1S/C12H22N2O2/c1-13(16-2)12(15)4-3-11-9-14-7-5-10(11)6-8-14/h10-11H,3-9H2,1-2H3. The minimum atomic E-state index is 0.0962. The summed E-state index contributed by atoms with van der Waals surface area (Å²) in [5.74, 6) is 1.70. The molecule has 3 rings (SSSR count). The number of carbonyl (C=O) groups excluding carboxylic acids is 1. The van der Waals surface area contributed by atoms with Crippen LogP contribution in [0.15, 0.2) is 0 Å². The maximum atomic E-state index is 11.6. The van der Waals surface area contributed by atoms with Gasteiger partial charge in [-0.1, -0.05) is 0 Å². The van der Waals surface area contributed by atoms with Gasteiger partial charge in [0.05, 0.1) is 7.11 Å². The second kappa shape index (κ2) is 5.15. The quantitative estimate of drug-likeness (QED) is 0.674. The topological polar surface area (TPSA) is 32.8 Å². The second-order valence-electron chi connectivity index (χ2n) is 5.01. The lowest BCUT2D eigenvalue weighted by atomic mass is 9.77. The smallest absolute Gasteiger partial charge is 0.245 e. The van der Waals surface area contributed by atoms with E-state index >= 15 is 0 Å². The van der Waals surface area contributed by atoms with Crippen molar-refractivity contribution >= 4 is 5.91 Å². The predicted octanol–water partition coefficient (Wildman–Crippen LogP) is 1.13. The molecule has 0 aromatic carbocycles. The van der Waals surface area contributed by atoms with Crippen molar-refractivity contribution in [3.8, 4) is 0 Å². The van der Waals surface area contributed by atoms with E-state index < -0.39 is 0 Å². The van der Waals surface area contributed by atoms with E-state index in [0.717, 1.165) is 18.3 Å². The Labute approximate surface area is 97.5 Å². The van der Waals surface area contributed by atoms with Gasteiger partial charge in [-0.3, -0.25) is 9.63 Å². The molecule has 0 aliphatic carbocycles. The first-order valence-electron chi connectivity index (χ1n) is 6.23. The van der Waals surface area contributed by atoms with Gasteiger partial charge in [0.1, 0.15) is 0 Å². The number of fused-ring (bicyclic) bond motifs is 3. The molecule has 4 nitrogen and oxygen atoms in total. The highest BCUT2D eigenvalue weighted by Gasteiger charge is 2.33. The van der Waals surface area contributed by atoms with Crippen LogP contribution in [0.4, 0.5) is 0 Å². The molecule has 3 aliphatic rings. The molecule has 1 amide bonds.